The van der Waals surface area contributed by atoms with Gasteiger partial charge in [0.25, 0.3) is 0 Å². The third-order valence-corrected chi connectivity index (χ3v) is 3.96. The molecule has 0 saturated carbocycles. The largest absolute Gasteiger partial charge is 0.378 e. The molecule has 2 aliphatic rings. The maximum absolute atomic E-state index is 13.9. The molecule has 102 valence electrons. The first-order valence-electron chi connectivity index (χ1n) is 5.64. The van der Waals surface area contributed by atoms with Crippen LogP contribution in [0.5, 0.6) is 0 Å². The molecular formula is C13H9F5O. The minimum Gasteiger partial charge on any atom is -0.378 e. The second-order valence-electron chi connectivity index (χ2n) is 4.96. The number of hydrogen-bond donors (Lipinski definition) is 1. The Bertz CT molecular complexity index is 607. The van der Waals surface area contributed by atoms with E-state index in [0.717, 1.165) is 0 Å². The van der Waals surface area contributed by atoms with Gasteiger partial charge in [0.05, 0.1) is 0 Å². The highest BCUT2D eigenvalue weighted by molar-refractivity contribution is 5.73. The average molecular weight is 276 g/mol. The predicted octanol–water partition coefficient (Wildman–Crippen LogP) is 3.56. The quantitative estimate of drug-likeness (QED) is 0.718. The highest BCUT2D eigenvalue weighted by Gasteiger charge is 2.77. The molecule has 6 heteroatoms. The molecule has 0 bridgehead atoms. The van der Waals surface area contributed by atoms with Gasteiger partial charge in [-0.15, -0.1) is 0 Å². The third-order valence-electron chi connectivity index (χ3n) is 3.96. The molecule has 1 aromatic rings. The molecule has 19 heavy (non-hydrogen) atoms. The molecule has 2 aliphatic carbocycles. The number of halogens is 5. The molecular weight excluding hydrogens is 267 g/mol. The summed E-state index contributed by atoms with van der Waals surface area (Å²) in [6, 6.07) is 1.32. The smallest absolute Gasteiger partial charge is 0.346 e. The van der Waals surface area contributed by atoms with Gasteiger partial charge in [-0.1, -0.05) is 6.58 Å². The Kier molecular flexibility index (Phi) is 2.10. The van der Waals surface area contributed by atoms with Crippen LogP contribution in [0.2, 0.25) is 0 Å². The molecule has 0 spiro atoms. The lowest BCUT2D eigenvalue weighted by molar-refractivity contribution is -0.287. The Hall–Kier alpha value is -1.43. The number of benzene rings is 1. The number of aliphatic hydroxyl groups is 1. The summed E-state index contributed by atoms with van der Waals surface area (Å²) in [5.41, 5.74) is -5.02. The second-order valence-corrected chi connectivity index (χ2v) is 4.96. The van der Waals surface area contributed by atoms with Gasteiger partial charge in [-0.2, -0.15) is 17.6 Å². The van der Waals surface area contributed by atoms with Crippen molar-refractivity contribution in [2.75, 3.05) is 0 Å². The fraction of sp³-hybridized carbons (Fsp3) is 0.385. The van der Waals surface area contributed by atoms with Gasteiger partial charge >= 0.3 is 11.8 Å². The summed E-state index contributed by atoms with van der Waals surface area (Å²) in [6.45, 7) is 3.51. The Morgan fingerprint density at radius 3 is 2.42 bits per heavy atom. The van der Waals surface area contributed by atoms with E-state index in [2.05, 4.69) is 6.58 Å². The summed E-state index contributed by atoms with van der Waals surface area (Å²) in [5.74, 6) is -10.1. The summed E-state index contributed by atoms with van der Waals surface area (Å²) < 4.78 is 69.1. The van der Waals surface area contributed by atoms with Crippen molar-refractivity contribution in [3.05, 3.63) is 41.2 Å². The molecule has 0 heterocycles. The molecule has 3 rings (SSSR count). The molecule has 0 fully saturated rings. The standard InChI is InChI=1S/C13H9F5O/c1-6-4-5-11(19)10-7(2-3-8(14)9(6)10)12(15,16)13(11,17)18/h2-3,19H,1,4-5H2. The van der Waals surface area contributed by atoms with Crippen LogP contribution in [0.1, 0.15) is 29.5 Å². The number of rotatable bonds is 0. The van der Waals surface area contributed by atoms with Gasteiger partial charge in [0.1, 0.15) is 5.82 Å². The molecule has 1 aromatic carbocycles. The first kappa shape index (κ1) is 12.6. The molecule has 0 amide bonds. The normalized spacial score (nSPS) is 30.3. The molecule has 1 nitrogen and oxygen atoms in total. The van der Waals surface area contributed by atoms with Crippen LogP contribution in [-0.2, 0) is 11.5 Å². The Morgan fingerprint density at radius 1 is 1.16 bits per heavy atom. The van der Waals surface area contributed by atoms with Crippen LogP contribution in [-0.4, -0.2) is 11.0 Å². The van der Waals surface area contributed by atoms with E-state index in [0.29, 0.717) is 12.1 Å². The van der Waals surface area contributed by atoms with Gasteiger partial charge in [0.15, 0.2) is 5.60 Å². The number of alkyl halides is 4. The second kappa shape index (κ2) is 3.17. The van der Waals surface area contributed by atoms with Crippen molar-refractivity contribution < 1.29 is 27.1 Å². The third kappa shape index (κ3) is 1.14. The van der Waals surface area contributed by atoms with Crippen molar-refractivity contribution >= 4 is 5.57 Å². The van der Waals surface area contributed by atoms with E-state index in [1.54, 1.807) is 0 Å². The monoisotopic (exact) mass is 276 g/mol. The average Bonchev–Trinajstić information content (AvgIpc) is 2.43. The highest BCUT2D eigenvalue weighted by Crippen LogP contribution is 2.65. The summed E-state index contributed by atoms with van der Waals surface area (Å²) in [6.07, 6.45) is -0.757. The Morgan fingerprint density at radius 2 is 1.79 bits per heavy atom. The van der Waals surface area contributed by atoms with Crippen LogP contribution in [0.15, 0.2) is 18.7 Å². The van der Waals surface area contributed by atoms with Crippen LogP contribution < -0.4 is 0 Å². The van der Waals surface area contributed by atoms with Crippen molar-refractivity contribution in [1.29, 1.82) is 0 Å². The van der Waals surface area contributed by atoms with E-state index >= 15 is 0 Å². The topological polar surface area (TPSA) is 20.2 Å². The van der Waals surface area contributed by atoms with Gasteiger partial charge in [0, 0.05) is 16.7 Å². The lowest BCUT2D eigenvalue weighted by atomic mass is 9.77. The fourth-order valence-electron chi connectivity index (χ4n) is 2.94. The van der Waals surface area contributed by atoms with Crippen LogP contribution in [0.4, 0.5) is 22.0 Å². The predicted molar refractivity (Wildman–Crippen MR) is 57.4 cm³/mol. The maximum Gasteiger partial charge on any atom is 0.346 e. The SMILES string of the molecule is C=C1CCC2(O)c3c(ccc(F)c31)C(F)(F)C2(F)F. The lowest BCUT2D eigenvalue weighted by Crippen LogP contribution is -2.49. The molecule has 1 N–H and O–H groups in total. The maximum atomic E-state index is 13.9. The van der Waals surface area contributed by atoms with Crippen LogP contribution in [0.3, 0.4) is 0 Å². The van der Waals surface area contributed by atoms with Crippen LogP contribution in [0.25, 0.3) is 5.57 Å². The van der Waals surface area contributed by atoms with Crippen molar-refractivity contribution in [3.8, 4) is 0 Å². The number of allylic oxidation sites excluding steroid dienone is 1. The molecule has 0 saturated heterocycles. The molecule has 0 aliphatic heterocycles. The minimum absolute atomic E-state index is 0.146. The van der Waals surface area contributed by atoms with Crippen molar-refractivity contribution in [1.82, 2.24) is 0 Å². The molecule has 1 atom stereocenters. The van der Waals surface area contributed by atoms with Gasteiger partial charge in [-0.3, -0.25) is 0 Å². The van der Waals surface area contributed by atoms with E-state index in [4.69, 9.17) is 0 Å². The van der Waals surface area contributed by atoms with Gasteiger partial charge in [0.2, 0.25) is 0 Å². The zero-order valence-electron chi connectivity index (χ0n) is 9.61. The first-order valence-corrected chi connectivity index (χ1v) is 5.64. The molecule has 0 aromatic heterocycles. The van der Waals surface area contributed by atoms with Crippen LogP contribution in [0, 0.1) is 5.82 Å². The van der Waals surface area contributed by atoms with Gasteiger partial charge < -0.3 is 5.11 Å². The molecule has 0 radical (unpaired) electrons. The zero-order chi connectivity index (χ0) is 14.2. The highest BCUT2D eigenvalue weighted by atomic mass is 19.3. The van der Waals surface area contributed by atoms with E-state index < -0.39 is 46.4 Å². The molecule has 1 unspecified atom stereocenters. The first-order chi connectivity index (χ1) is 8.64. The van der Waals surface area contributed by atoms with E-state index in [9.17, 15) is 27.1 Å². The van der Waals surface area contributed by atoms with Crippen LogP contribution >= 0.6 is 0 Å². The van der Waals surface area contributed by atoms with E-state index in [1.807, 2.05) is 0 Å². The minimum atomic E-state index is -4.66. The van der Waals surface area contributed by atoms with Crippen molar-refractivity contribution in [3.63, 3.8) is 0 Å². The van der Waals surface area contributed by atoms with Crippen molar-refractivity contribution in [2.24, 2.45) is 0 Å². The zero-order valence-corrected chi connectivity index (χ0v) is 9.61. The van der Waals surface area contributed by atoms with E-state index in [1.165, 1.54) is 0 Å². The summed E-state index contributed by atoms with van der Waals surface area (Å²) in [5, 5.41) is 10.1. The lowest BCUT2D eigenvalue weighted by Gasteiger charge is -2.36. The van der Waals surface area contributed by atoms with Gasteiger partial charge in [-0.05, 0) is 30.5 Å². The Balaban J connectivity index is 2.47. The van der Waals surface area contributed by atoms with E-state index in [-0.39, 0.29) is 12.0 Å². The summed E-state index contributed by atoms with van der Waals surface area (Å²) in [7, 11) is 0. The Labute approximate surface area is 105 Å². The summed E-state index contributed by atoms with van der Waals surface area (Å²) >= 11 is 0. The van der Waals surface area contributed by atoms with Gasteiger partial charge in [-0.25, -0.2) is 4.39 Å². The fourth-order valence-corrected chi connectivity index (χ4v) is 2.94. The van der Waals surface area contributed by atoms with Crippen molar-refractivity contribution in [2.45, 2.75) is 30.3 Å². The summed E-state index contributed by atoms with van der Waals surface area (Å²) in [4.78, 5) is 0. The number of hydrogen-bond acceptors (Lipinski definition) is 1.